The van der Waals surface area contributed by atoms with Gasteiger partial charge < -0.3 is 15.4 Å². The molecule has 2 N–H and O–H groups in total. The van der Waals surface area contributed by atoms with Gasteiger partial charge in [0, 0.05) is 18.8 Å². The van der Waals surface area contributed by atoms with Gasteiger partial charge in [0.25, 0.3) is 11.8 Å². The van der Waals surface area contributed by atoms with Gasteiger partial charge >= 0.3 is 0 Å². The van der Waals surface area contributed by atoms with Gasteiger partial charge in [-0.25, -0.2) is 4.98 Å². The average molecular weight is 277 g/mol. The molecule has 6 nitrogen and oxygen atoms in total. The van der Waals surface area contributed by atoms with Gasteiger partial charge in [-0.05, 0) is 25.3 Å². The summed E-state index contributed by atoms with van der Waals surface area (Å²) in [6.07, 6.45) is 2.42. The highest BCUT2D eigenvalue weighted by Gasteiger charge is 2.34. The molecule has 2 atom stereocenters. The topological polar surface area (TPSA) is 80.3 Å². The molecule has 0 unspecified atom stereocenters. The van der Waals surface area contributed by atoms with Crippen LogP contribution in [0.3, 0.4) is 0 Å². The van der Waals surface area contributed by atoms with Crippen LogP contribution in [0.2, 0.25) is 0 Å². The van der Waals surface area contributed by atoms with Crippen molar-refractivity contribution < 1.29 is 14.3 Å². The molecule has 0 aromatic carbocycles. The third-order valence-corrected chi connectivity index (χ3v) is 3.31. The van der Waals surface area contributed by atoms with E-state index in [9.17, 15) is 9.59 Å². The van der Waals surface area contributed by atoms with E-state index in [1.165, 1.54) is 19.4 Å². The van der Waals surface area contributed by atoms with Gasteiger partial charge in [0.15, 0.2) is 0 Å². The summed E-state index contributed by atoms with van der Waals surface area (Å²) in [6, 6.07) is 1.75. The second kappa shape index (κ2) is 5.90. The summed E-state index contributed by atoms with van der Waals surface area (Å²) in [6.45, 7) is 4.40. The van der Waals surface area contributed by atoms with E-state index in [0.717, 1.165) is 6.42 Å². The molecule has 6 heteroatoms. The minimum absolute atomic E-state index is 0.208. The van der Waals surface area contributed by atoms with Gasteiger partial charge in [-0.2, -0.15) is 0 Å². The van der Waals surface area contributed by atoms with E-state index in [2.05, 4.69) is 22.5 Å². The Hall–Kier alpha value is -2.11. The van der Waals surface area contributed by atoms with Crippen LogP contribution in [0.4, 0.5) is 0 Å². The standard InChI is InChI=1S/C14H19N3O3/c1-4-15-13(19)10-6-9(7-16-14(10)20-3)12(18)17-11-5-8(11)2/h6-8,11H,4-5H2,1-3H3,(H,15,19)(H,17,18)/t8-,11-/m1/s1. The maximum Gasteiger partial charge on any atom is 0.256 e. The summed E-state index contributed by atoms with van der Waals surface area (Å²) in [5.74, 6) is 0.228. The van der Waals surface area contributed by atoms with Crippen molar-refractivity contribution in [1.82, 2.24) is 15.6 Å². The minimum atomic E-state index is -0.300. The zero-order chi connectivity index (χ0) is 14.7. The van der Waals surface area contributed by atoms with E-state index in [1.807, 2.05) is 6.92 Å². The van der Waals surface area contributed by atoms with Crippen molar-refractivity contribution in [3.63, 3.8) is 0 Å². The first-order valence-corrected chi connectivity index (χ1v) is 6.69. The van der Waals surface area contributed by atoms with Gasteiger partial charge in [0.1, 0.15) is 5.56 Å². The molecule has 108 valence electrons. The van der Waals surface area contributed by atoms with Crippen LogP contribution in [0.15, 0.2) is 12.3 Å². The molecule has 0 radical (unpaired) electrons. The first kappa shape index (κ1) is 14.3. The zero-order valence-electron chi connectivity index (χ0n) is 11.9. The molecule has 1 aromatic heterocycles. The predicted octanol–water partition coefficient (Wildman–Crippen LogP) is 0.978. The lowest BCUT2D eigenvalue weighted by atomic mass is 10.1. The number of rotatable bonds is 5. The highest BCUT2D eigenvalue weighted by atomic mass is 16.5. The summed E-state index contributed by atoms with van der Waals surface area (Å²) >= 11 is 0. The fourth-order valence-electron chi connectivity index (χ4n) is 1.93. The van der Waals surface area contributed by atoms with Crippen LogP contribution in [0.25, 0.3) is 0 Å². The number of ether oxygens (including phenoxy) is 1. The van der Waals surface area contributed by atoms with E-state index in [1.54, 1.807) is 0 Å². The Kier molecular flexibility index (Phi) is 4.22. The van der Waals surface area contributed by atoms with Crippen LogP contribution in [0, 0.1) is 5.92 Å². The first-order valence-electron chi connectivity index (χ1n) is 6.69. The molecule has 1 aromatic rings. The highest BCUT2D eigenvalue weighted by molar-refractivity contribution is 6.00. The molecule has 1 aliphatic rings. The maximum atomic E-state index is 12.0. The van der Waals surface area contributed by atoms with Gasteiger partial charge in [0.2, 0.25) is 5.88 Å². The highest BCUT2D eigenvalue weighted by Crippen LogP contribution is 2.29. The Morgan fingerprint density at radius 1 is 1.45 bits per heavy atom. The first-order chi connectivity index (χ1) is 9.56. The number of nitrogens with zero attached hydrogens (tertiary/aromatic N) is 1. The normalized spacial score (nSPS) is 20.1. The van der Waals surface area contributed by atoms with Crippen molar-refractivity contribution >= 4 is 11.8 Å². The number of pyridine rings is 1. The largest absolute Gasteiger partial charge is 0.480 e. The summed E-state index contributed by atoms with van der Waals surface area (Å²) in [7, 11) is 1.44. The fraction of sp³-hybridized carbons (Fsp3) is 0.500. The molecule has 1 fully saturated rings. The van der Waals surface area contributed by atoms with E-state index < -0.39 is 0 Å². The summed E-state index contributed by atoms with van der Waals surface area (Å²) < 4.78 is 5.05. The Labute approximate surface area is 117 Å². The van der Waals surface area contributed by atoms with Crippen molar-refractivity contribution in [2.75, 3.05) is 13.7 Å². The lowest BCUT2D eigenvalue weighted by Gasteiger charge is -2.09. The molecular weight excluding hydrogens is 258 g/mol. The number of nitrogens with one attached hydrogen (secondary N) is 2. The fourth-order valence-corrected chi connectivity index (χ4v) is 1.93. The summed E-state index contributed by atoms with van der Waals surface area (Å²) in [5, 5.41) is 5.58. The van der Waals surface area contributed by atoms with Gasteiger partial charge in [0.05, 0.1) is 12.7 Å². The van der Waals surface area contributed by atoms with Gasteiger partial charge in [-0.1, -0.05) is 6.92 Å². The van der Waals surface area contributed by atoms with Crippen molar-refractivity contribution in [1.29, 1.82) is 0 Å². The number of amides is 2. The molecule has 0 aliphatic heterocycles. The van der Waals surface area contributed by atoms with Crippen molar-refractivity contribution in [3.8, 4) is 5.88 Å². The number of aromatic nitrogens is 1. The average Bonchev–Trinajstić information content (AvgIpc) is 3.13. The lowest BCUT2D eigenvalue weighted by molar-refractivity contribution is 0.0949. The van der Waals surface area contributed by atoms with Crippen LogP contribution in [0.5, 0.6) is 5.88 Å². The molecule has 0 bridgehead atoms. The molecule has 0 saturated heterocycles. The van der Waals surface area contributed by atoms with Gasteiger partial charge in [-0.3, -0.25) is 9.59 Å². The van der Waals surface area contributed by atoms with Gasteiger partial charge in [-0.15, -0.1) is 0 Å². The smallest absolute Gasteiger partial charge is 0.256 e. The Morgan fingerprint density at radius 2 is 2.15 bits per heavy atom. The van der Waals surface area contributed by atoms with Crippen molar-refractivity contribution in [3.05, 3.63) is 23.4 Å². The van der Waals surface area contributed by atoms with Crippen molar-refractivity contribution in [2.45, 2.75) is 26.3 Å². The maximum absolute atomic E-state index is 12.0. The number of methoxy groups -OCH3 is 1. The molecule has 1 aliphatic carbocycles. The monoisotopic (exact) mass is 277 g/mol. The predicted molar refractivity (Wildman–Crippen MR) is 73.8 cm³/mol. The Bertz CT molecular complexity index is 530. The lowest BCUT2D eigenvalue weighted by Crippen LogP contribution is -2.28. The molecule has 0 spiro atoms. The number of hydrogen-bond donors (Lipinski definition) is 2. The van der Waals surface area contributed by atoms with E-state index in [0.29, 0.717) is 18.0 Å². The molecule has 20 heavy (non-hydrogen) atoms. The summed E-state index contributed by atoms with van der Waals surface area (Å²) in [4.78, 5) is 28.0. The number of carbonyl (C=O) groups excluding carboxylic acids is 2. The molecular formula is C14H19N3O3. The molecule has 1 heterocycles. The third-order valence-electron chi connectivity index (χ3n) is 3.31. The van der Waals surface area contributed by atoms with Crippen LogP contribution >= 0.6 is 0 Å². The van der Waals surface area contributed by atoms with E-state index in [4.69, 9.17) is 4.74 Å². The number of carbonyl (C=O) groups is 2. The van der Waals surface area contributed by atoms with Crippen LogP contribution in [-0.4, -0.2) is 36.5 Å². The van der Waals surface area contributed by atoms with E-state index >= 15 is 0 Å². The second-order valence-electron chi connectivity index (χ2n) is 4.93. The third kappa shape index (κ3) is 3.07. The molecule has 1 saturated carbocycles. The zero-order valence-corrected chi connectivity index (χ0v) is 11.9. The van der Waals surface area contributed by atoms with Crippen LogP contribution in [0.1, 0.15) is 41.0 Å². The van der Waals surface area contributed by atoms with Crippen LogP contribution < -0.4 is 15.4 Å². The quantitative estimate of drug-likeness (QED) is 0.840. The molecule has 2 amide bonds. The van der Waals surface area contributed by atoms with E-state index in [-0.39, 0.29) is 29.3 Å². The summed E-state index contributed by atoms with van der Waals surface area (Å²) in [5.41, 5.74) is 0.636. The van der Waals surface area contributed by atoms with Crippen LogP contribution in [-0.2, 0) is 0 Å². The number of hydrogen-bond acceptors (Lipinski definition) is 4. The Balaban J connectivity index is 2.19. The Morgan fingerprint density at radius 3 is 2.70 bits per heavy atom. The van der Waals surface area contributed by atoms with Crippen molar-refractivity contribution in [2.24, 2.45) is 5.92 Å². The minimum Gasteiger partial charge on any atom is -0.480 e. The molecule has 2 rings (SSSR count). The second-order valence-corrected chi connectivity index (χ2v) is 4.93. The SMILES string of the molecule is CCNC(=O)c1cc(C(=O)N[C@@H]2C[C@H]2C)cnc1OC.